The number of carbonyl (C=O) groups excluding carboxylic acids is 3. The van der Waals surface area contributed by atoms with Gasteiger partial charge >= 0.3 is 17.9 Å². The van der Waals surface area contributed by atoms with Gasteiger partial charge in [0.15, 0.2) is 6.10 Å². The molecule has 0 aliphatic carbocycles. The van der Waals surface area contributed by atoms with Crippen LogP contribution in [0.15, 0.2) is 48.6 Å². The smallest absolute Gasteiger partial charge is 0.306 e. The van der Waals surface area contributed by atoms with Crippen molar-refractivity contribution in [1.29, 1.82) is 0 Å². The predicted octanol–water partition coefficient (Wildman–Crippen LogP) is 19.8. The Morgan fingerprint density at radius 1 is 0.294 bits per heavy atom. The zero-order valence-corrected chi connectivity index (χ0v) is 45.4. The zero-order valence-electron chi connectivity index (χ0n) is 45.4. The van der Waals surface area contributed by atoms with Crippen LogP contribution in [0.5, 0.6) is 0 Å². The molecule has 0 saturated heterocycles. The quantitative estimate of drug-likeness (QED) is 0.0262. The lowest BCUT2D eigenvalue weighted by molar-refractivity contribution is -0.167. The van der Waals surface area contributed by atoms with Gasteiger partial charge in [-0.1, -0.05) is 256 Å². The number of allylic oxidation sites excluding steroid dienone is 8. The largest absolute Gasteiger partial charge is 0.462 e. The van der Waals surface area contributed by atoms with E-state index in [1.54, 1.807) is 0 Å². The molecule has 6 heteroatoms. The van der Waals surface area contributed by atoms with E-state index in [2.05, 4.69) is 69.4 Å². The summed E-state index contributed by atoms with van der Waals surface area (Å²) in [6.07, 6.45) is 69.5. The van der Waals surface area contributed by atoms with Gasteiger partial charge < -0.3 is 14.2 Å². The van der Waals surface area contributed by atoms with E-state index in [-0.39, 0.29) is 31.1 Å². The van der Waals surface area contributed by atoms with Crippen molar-refractivity contribution in [3.05, 3.63) is 48.6 Å². The number of esters is 3. The van der Waals surface area contributed by atoms with E-state index in [0.717, 1.165) is 83.5 Å². The van der Waals surface area contributed by atoms with Gasteiger partial charge in [0.05, 0.1) is 0 Å². The number of hydrogen-bond donors (Lipinski definition) is 0. The summed E-state index contributed by atoms with van der Waals surface area (Å²) in [6, 6.07) is 0. The second-order valence-electron chi connectivity index (χ2n) is 19.9. The van der Waals surface area contributed by atoms with Gasteiger partial charge in [-0.2, -0.15) is 0 Å². The lowest BCUT2D eigenvalue weighted by atomic mass is 10.0. The van der Waals surface area contributed by atoms with Crippen LogP contribution in [0.3, 0.4) is 0 Å². The Morgan fingerprint density at radius 2 is 0.529 bits per heavy atom. The van der Waals surface area contributed by atoms with Crippen molar-refractivity contribution in [2.75, 3.05) is 13.2 Å². The van der Waals surface area contributed by atoms with E-state index in [0.29, 0.717) is 19.3 Å². The van der Waals surface area contributed by atoms with E-state index in [1.165, 1.54) is 186 Å². The normalized spacial score (nSPS) is 12.3. The van der Waals surface area contributed by atoms with E-state index in [9.17, 15) is 14.4 Å². The molecule has 0 aliphatic heterocycles. The SMILES string of the molecule is CCCCC/C=C\C/C=C\C/C=C\CCCCCCCCC(=O)OCC(COC(=O)CCCCCCC/C=C\CCCCCCCC)OC(=O)CCCCCCCCCCCCCCCCCC. The van der Waals surface area contributed by atoms with Gasteiger partial charge in [0, 0.05) is 19.3 Å². The first kappa shape index (κ1) is 65.4. The Labute approximate surface area is 422 Å². The summed E-state index contributed by atoms with van der Waals surface area (Å²) >= 11 is 0. The average Bonchev–Trinajstić information content (AvgIpc) is 3.34. The minimum Gasteiger partial charge on any atom is -0.462 e. The zero-order chi connectivity index (χ0) is 49.3. The molecule has 0 heterocycles. The van der Waals surface area contributed by atoms with Gasteiger partial charge in [0.1, 0.15) is 13.2 Å². The van der Waals surface area contributed by atoms with Crippen LogP contribution in [0.2, 0.25) is 0 Å². The summed E-state index contributed by atoms with van der Waals surface area (Å²) in [5, 5.41) is 0. The van der Waals surface area contributed by atoms with Crippen LogP contribution < -0.4 is 0 Å². The second-order valence-corrected chi connectivity index (χ2v) is 19.9. The minimum atomic E-state index is -0.780. The first-order chi connectivity index (χ1) is 33.5. The third-order valence-corrected chi connectivity index (χ3v) is 13.1. The van der Waals surface area contributed by atoms with Crippen LogP contribution in [0.4, 0.5) is 0 Å². The van der Waals surface area contributed by atoms with Crippen LogP contribution in [0.1, 0.15) is 310 Å². The maximum Gasteiger partial charge on any atom is 0.306 e. The topological polar surface area (TPSA) is 78.9 Å². The van der Waals surface area contributed by atoms with Gasteiger partial charge in [0.2, 0.25) is 0 Å². The monoisotopic (exact) mass is 953 g/mol. The first-order valence-electron chi connectivity index (χ1n) is 29.6. The average molecular weight is 954 g/mol. The summed E-state index contributed by atoms with van der Waals surface area (Å²) in [7, 11) is 0. The number of rotatable bonds is 54. The molecule has 0 aliphatic rings. The lowest BCUT2D eigenvalue weighted by Crippen LogP contribution is -2.30. The van der Waals surface area contributed by atoms with Gasteiger partial charge in [-0.15, -0.1) is 0 Å². The molecular weight excluding hydrogens is 841 g/mol. The van der Waals surface area contributed by atoms with Gasteiger partial charge in [-0.25, -0.2) is 0 Å². The van der Waals surface area contributed by atoms with E-state index in [4.69, 9.17) is 14.2 Å². The fraction of sp³-hybridized carbons (Fsp3) is 0.823. The Balaban J connectivity index is 4.38. The molecule has 0 fully saturated rings. The molecule has 1 unspecified atom stereocenters. The van der Waals surface area contributed by atoms with Crippen LogP contribution in [-0.4, -0.2) is 37.2 Å². The standard InChI is InChI=1S/C62H112O6/c1-4-7-10-13-16-19-22-25-28-30-31-32-35-37-40-43-46-49-52-55-61(64)67-58-59(57-66-60(63)54-51-48-45-42-39-36-33-27-24-21-18-15-12-9-6-3)68-62(65)56-53-50-47-44-41-38-34-29-26-23-20-17-14-11-8-5-2/h16,19,25,27-28,31-33,59H,4-15,17-18,20-24,26,29-30,34-58H2,1-3H3/b19-16-,28-25-,32-31-,33-27-. The summed E-state index contributed by atoms with van der Waals surface area (Å²) in [6.45, 7) is 6.63. The summed E-state index contributed by atoms with van der Waals surface area (Å²) in [5.41, 5.74) is 0. The molecule has 0 bridgehead atoms. The molecular formula is C62H112O6. The highest BCUT2D eigenvalue weighted by atomic mass is 16.6. The molecule has 0 N–H and O–H groups in total. The summed E-state index contributed by atoms with van der Waals surface area (Å²) in [5.74, 6) is -0.882. The van der Waals surface area contributed by atoms with E-state index >= 15 is 0 Å². The molecule has 0 rings (SSSR count). The van der Waals surface area contributed by atoms with Crippen LogP contribution in [0, 0.1) is 0 Å². The Morgan fingerprint density at radius 3 is 0.868 bits per heavy atom. The highest BCUT2D eigenvalue weighted by molar-refractivity contribution is 5.71. The molecule has 1 atom stereocenters. The highest BCUT2D eigenvalue weighted by Gasteiger charge is 2.19. The molecule has 0 spiro atoms. The van der Waals surface area contributed by atoms with Crippen molar-refractivity contribution in [2.24, 2.45) is 0 Å². The number of ether oxygens (including phenoxy) is 3. The van der Waals surface area contributed by atoms with E-state index in [1.807, 2.05) is 0 Å². The van der Waals surface area contributed by atoms with Crippen LogP contribution in [0.25, 0.3) is 0 Å². The Kier molecular flexibility index (Phi) is 54.8. The lowest BCUT2D eigenvalue weighted by Gasteiger charge is -2.18. The first-order valence-corrected chi connectivity index (χ1v) is 29.6. The van der Waals surface area contributed by atoms with Crippen molar-refractivity contribution >= 4 is 17.9 Å². The van der Waals surface area contributed by atoms with Crippen LogP contribution in [-0.2, 0) is 28.6 Å². The van der Waals surface area contributed by atoms with Gasteiger partial charge in [0.25, 0.3) is 0 Å². The predicted molar refractivity (Wildman–Crippen MR) is 293 cm³/mol. The maximum atomic E-state index is 12.9. The summed E-state index contributed by atoms with van der Waals surface area (Å²) in [4.78, 5) is 38.2. The third-order valence-electron chi connectivity index (χ3n) is 13.1. The highest BCUT2D eigenvalue weighted by Crippen LogP contribution is 2.16. The molecule has 0 aromatic heterocycles. The number of carbonyl (C=O) groups is 3. The Hall–Kier alpha value is -2.63. The van der Waals surface area contributed by atoms with Crippen molar-refractivity contribution < 1.29 is 28.6 Å². The van der Waals surface area contributed by atoms with Crippen molar-refractivity contribution in [2.45, 2.75) is 316 Å². The fourth-order valence-electron chi connectivity index (χ4n) is 8.56. The molecule has 68 heavy (non-hydrogen) atoms. The third kappa shape index (κ3) is 54.3. The summed E-state index contributed by atoms with van der Waals surface area (Å²) < 4.78 is 16.9. The molecule has 0 amide bonds. The number of hydrogen-bond acceptors (Lipinski definition) is 6. The van der Waals surface area contributed by atoms with Crippen molar-refractivity contribution in [3.8, 4) is 0 Å². The van der Waals surface area contributed by atoms with Gasteiger partial charge in [-0.05, 0) is 83.5 Å². The second kappa shape index (κ2) is 57.0. The molecule has 0 aromatic rings. The number of unbranched alkanes of at least 4 members (excludes halogenated alkanes) is 35. The molecule has 0 saturated carbocycles. The molecule has 6 nitrogen and oxygen atoms in total. The van der Waals surface area contributed by atoms with Gasteiger partial charge in [-0.3, -0.25) is 14.4 Å². The Bertz CT molecular complexity index is 1190. The van der Waals surface area contributed by atoms with E-state index < -0.39 is 6.10 Å². The molecule has 0 radical (unpaired) electrons. The molecule has 0 aromatic carbocycles. The molecule has 396 valence electrons. The maximum absolute atomic E-state index is 12.9. The minimum absolute atomic E-state index is 0.0787. The van der Waals surface area contributed by atoms with Crippen LogP contribution >= 0.6 is 0 Å². The van der Waals surface area contributed by atoms with Crippen molar-refractivity contribution in [3.63, 3.8) is 0 Å². The fourth-order valence-corrected chi connectivity index (χ4v) is 8.56. The van der Waals surface area contributed by atoms with Crippen molar-refractivity contribution in [1.82, 2.24) is 0 Å².